The van der Waals surface area contributed by atoms with Gasteiger partial charge in [-0.1, -0.05) is 85.0 Å². The molecule has 13 heteroatoms. The number of fused-ring (bicyclic) bond motifs is 2. The van der Waals surface area contributed by atoms with E-state index in [4.69, 9.17) is 20.2 Å². The molecule has 6 aromatic rings. The number of aliphatic carboxylic acids is 2. The van der Waals surface area contributed by atoms with Gasteiger partial charge in [-0.2, -0.15) is 0 Å². The number of hydrogen-bond acceptors (Lipinski definition) is 8. The molecule has 10 nitrogen and oxygen atoms in total. The van der Waals surface area contributed by atoms with Crippen LogP contribution in [0.2, 0.25) is 0 Å². The third-order valence-electron chi connectivity index (χ3n) is 10.7. The van der Waals surface area contributed by atoms with E-state index in [1.165, 1.54) is 36.4 Å². The van der Waals surface area contributed by atoms with Crippen molar-refractivity contribution in [2.75, 3.05) is 0 Å². The molecule has 8 rings (SSSR count). The summed E-state index contributed by atoms with van der Waals surface area (Å²) in [6.07, 6.45) is 6.63. The van der Waals surface area contributed by atoms with Crippen LogP contribution < -0.4 is 0 Å². The SMILES string of the molecule is O=C(O)CC(=O)C[C@H](O)/C=C/c1c(C2CC2)nc2ccccc2c1-c1ccc(F)cc1.O=C(O)CC(=O)C[C@H](O)/C=C/c1c(C2CC2)nc2ccccc2c1-c1ccc(F)cc1.[Ca+2]. The number of carbonyl (C=O) groups excluding carboxylic acids is 2. The summed E-state index contributed by atoms with van der Waals surface area (Å²) in [5, 5.41) is 39.9. The van der Waals surface area contributed by atoms with Gasteiger partial charge < -0.3 is 20.4 Å². The molecule has 0 bridgehead atoms. The first-order chi connectivity index (χ1) is 29.8. The summed E-state index contributed by atoms with van der Waals surface area (Å²) >= 11 is 0. The zero-order valence-electron chi connectivity index (χ0n) is 34.3. The van der Waals surface area contributed by atoms with Crippen LogP contribution in [0.3, 0.4) is 0 Å². The van der Waals surface area contributed by atoms with Crippen LogP contribution in [0.25, 0.3) is 56.2 Å². The van der Waals surface area contributed by atoms with E-state index in [0.717, 1.165) is 92.3 Å². The summed E-state index contributed by atoms with van der Waals surface area (Å²) in [7, 11) is 0. The number of carboxylic acids is 2. The van der Waals surface area contributed by atoms with Gasteiger partial charge in [0.15, 0.2) is 0 Å². The number of aromatic nitrogens is 2. The number of hydrogen-bond donors (Lipinski definition) is 4. The van der Waals surface area contributed by atoms with E-state index in [0.29, 0.717) is 11.8 Å². The first-order valence-electron chi connectivity index (χ1n) is 20.4. The Morgan fingerprint density at radius 2 is 0.921 bits per heavy atom. The van der Waals surface area contributed by atoms with Gasteiger partial charge in [0.25, 0.3) is 0 Å². The number of rotatable bonds is 16. The van der Waals surface area contributed by atoms with Gasteiger partial charge in [0.2, 0.25) is 0 Å². The van der Waals surface area contributed by atoms with Gasteiger partial charge >= 0.3 is 49.7 Å². The van der Waals surface area contributed by atoms with Crippen LogP contribution in [0.5, 0.6) is 0 Å². The Balaban J connectivity index is 0.000000206. The molecular weight excluding hydrogens is 835 g/mol. The first-order valence-corrected chi connectivity index (χ1v) is 20.4. The van der Waals surface area contributed by atoms with Crippen LogP contribution in [0, 0.1) is 11.6 Å². The molecule has 2 aliphatic rings. The Bertz CT molecular complexity index is 2530. The zero-order valence-corrected chi connectivity index (χ0v) is 36.5. The van der Waals surface area contributed by atoms with Crippen molar-refractivity contribution in [3.8, 4) is 22.3 Å². The summed E-state index contributed by atoms with van der Waals surface area (Å²) < 4.78 is 27.1. The molecule has 0 amide bonds. The maximum Gasteiger partial charge on any atom is 2.00 e. The van der Waals surface area contributed by atoms with Crippen LogP contribution in [0.4, 0.5) is 8.78 Å². The normalized spacial score (nSPS) is 14.5. The largest absolute Gasteiger partial charge is 2.00 e. The third-order valence-corrected chi connectivity index (χ3v) is 10.7. The van der Waals surface area contributed by atoms with Crippen LogP contribution in [-0.4, -0.2) is 104 Å². The van der Waals surface area contributed by atoms with Crippen molar-refractivity contribution < 1.29 is 48.4 Å². The van der Waals surface area contributed by atoms with E-state index in [2.05, 4.69) is 0 Å². The average Bonchev–Trinajstić information content (AvgIpc) is 4.17. The number of carbonyl (C=O) groups is 4. The monoisotopic (exact) mass is 878 g/mol. The predicted octanol–water partition coefficient (Wildman–Crippen LogP) is 9.07. The van der Waals surface area contributed by atoms with Crippen molar-refractivity contribution in [1.29, 1.82) is 0 Å². The van der Waals surface area contributed by atoms with E-state index >= 15 is 0 Å². The van der Waals surface area contributed by atoms with Gasteiger partial charge in [0.1, 0.15) is 36.0 Å². The summed E-state index contributed by atoms with van der Waals surface area (Å²) in [4.78, 5) is 54.6. The number of para-hydroxylation sites is 2. The van der Waals surface area contributed by atoms with Gasteiger partial charge in [0.05, 0.1) is 34.6 Å². The molecule has 0 radical (unpaired) electrons. The molecular formula is C50H44CaF2N2O8+2. The Kier molecular flexibility index (Phi) is 15.8. The number of Topliss-reactive ketones (excluding diaryl/α,β-unsaturated/α-hetero) is 2. The van der Waals surface area contributed by atoms with Gasteiger partial charge in [-0.15, -0.1) is 0 Å². The fraction of sp³-hybridized carbons (Fsp3) is 0.240. The fourth-order valence-electron chi connectivity index (χ4n) is 7.52. The van der Waals surface area contributed by atoms with E-state index in [9.17, 15) is 38.2 Å². The van der Waals surface area contributed by atoms with E-state index in [1.807, 2.05) is 48.5 Å². The van der Waals surface area contributed by atoms with E-state index in [-0.39, 0.29) is 62.2 Å². The number of aliphatic hydroxyl groups excluding tert-OH is 2. The Hall–Kier alpha value is -5.50. The number of benzene rings is 4. The quantitative estimate of drug-likeness (QED) is 0.0542. The smallest absolute Gasteiger partial charge is 0.481 e. The number of aliphatic hydroxyl groups is 2. The molecule has 0 aliphatic heterocycles. The van der Waals surface area contributed by atoms with Gasteiger partial charge in [-0.05, 0) is 73.2 Å². The number of ketones is 2. The summed E-state index contributed by atoms with van der Waals surface area (Å²) in [5.41, 5.74) is 8.64. The van der Waals surface area contributed by atoms with E-state index in [1.54, 1.807) is 36.4 Å². The minimum absolute atomic E-state index is 0. The summed E-state index contributed by atoms with van der Waals surface area (Å²) in [6, 6.07) is 28.0. The van der Waals surface area contributed by atoms with Crippen molar-refractivity contribution >= 4 is 95.2 Å². The maximum absolute atomic E-state index is 13.6. The molecule has 4 N–H and O–H groups in total. The van der Waals surface area contributed by atoms with Crippen molar-refractivity contribution in [1.82, 2.24) is 9.97 Å². The van der Waals surface area contributed by atoms with Gasteiger partial charge in [-0.3, -0.25) is 29.1 Å². The molecule has 2 saturated carbocycles. The second-order valence-electron chi connectivity index (χ2n) is 15.6. The molecule has 4 aromatic carbocycles. The van der Waals surface area contributed by atoms with Gasteiger partial charge in [0, 0.05) is 57.7 Å². The third kappa shape index (κ3) is 12.4. The molecule has 0 unspecified atom stereocenters. The minimum Gasteiger partial charge on any atom is -0.481 e. The molecule has 2 aromatic heterocycles. The van der Waals surface area contributed by atoms with Crippen LogP contribution in [0.1, 0.15) is 85.7 Å². The zero-order chi connectivity index (χ0) is 43.9. The molecule has 0 saturated heterocycles. The second-order valence-corrected chi connectivity index (χ2v) is 15.6. The predicted molar refractivity (Wildman–Crippen MR) is 238 cm³/mol. The van der Waals surface area contributed by atoms with Crippen LogP contribution in [0.15, 0.2) is 109 Å². The molecule has 2 atom stereocenters. The Labute approximate surface area is 392 Å². The fourth-order valence-corrected chi connectivity index (χ4v) is 7.52. The Morgan fingerprint density at radius 3 is 1.25 bits per heavy atom. The Morgan fingerprint density at radius 1 is 0.571 bits per heavy atom. The van der Waals surface area contributed by atoms with Gasteiger partial charge in [-0.25, -0.2) is 8.78 Å². The molecule has 2 heterocycles. The molecule has 316 valence electrons. The molecule has 63 heavy (non-hydrogen) atoms. The van der Waals surface area contributed by atoms with E-state index < -0.39 is 48.6 Å². The number of pyridine rings is 2. The maximum atomic E-state index is 13.6. The molecule has 0 spiro atoms. The van der Waals surface area contributed by atoms with Crippen molar-refractivity contribution in [3.05, 3.63) is 143 Å². The van der Waals surface area contributed by atoms with Crippen LogP contribution >= 0.6 is 0 Å². The van der Waals surface area contributed by atoms with Crippen molar-refractivity contribution in [2.45, 2.75) is 75.4 Å². The topological polar surface area (TPSA) is 175 Å². The standard InChI is InChI=1S/2C25H22FNO4.Ca/c2*26-17-9-7-15(8-10-17)24-20-3-1-2-4-22(20)27-25(16-5-6-16)21(24)12-11-18(28)13-19(29)14-23(30)31;/h2*1-4,7-12,16,18,28H,5-6,13-14H2,(H,30,31);/q;;+2/b2*12-11+;/t2*18-;/m11./s1. The average molecular weight is 879 g/mol. The van der Waals surface area contributed by atoms with Crippen molar-refractivity contribution in [3.63, 3.8) is 0 Å². The molecule has 2 aliphatic carbocycles. The molecule has 2 fully saturated rings. The number of nitrogens with zero attached hydrogens (tertiary/aromatic N) is 2. The summed E-state index contributed by atoms with van der Waals surface area (Å²) in [6.45, 7) is 0. The minimum atomic E-state index is -1.21. The number of carboxylic acid groups (broad SMARTS) is 2. The van der Waals surface area contributed by atoms with Crippen molar-refractivity contribution in [2.24, 2.45) is 0 Å². The second kappa shape index (κ2) is 21.2. The first kappa shape index (κ1) is 47.0. The van der Waals surface area contributed by atoms with Crippen LogP contribution in [-0.2, 0) is 19.2 Å². The summed E-state index contributed by atoms with van der Waals surface area (Å²) in [5.74, 6) is -3.53. The number of halogens is 2.